The van der Waals surface area contributed by atoms with Crippen LogP contribution in [0.5, 0.6) is 0 Å². The fraction of sp³-hybridized carbons (Fsp3) is 0.391. The third-order valence-corrected chi connectivity index (χ3v) is 7.75. The summed E-state index contributed by atoms with van der Waals surface area (Å²) in [7, 11) is -3.73. The first-order valence-corrected chi connectivity index (χ1v) is 12.1. The number of amides is 2. The lowest BCUT2D eigenvalue weighted by Crippen LogP contribution is -2.41. The molecule has 0 aromatic heterocycles. The maximum absolute atomic E-state index is 13.1. The van der Waals surface area contributed by atoms with E-state index in [4.69, 9.17) is 0 Å². The minimum Gasteiger partial charge on any atom is -0.325 e. The zero-order valence-electron chi connectivity index (χ0n) is 19.0. The molecule has 2 N–H and O–H groups in total. The average Bonchev–Trinajstić information content (AvgIpc) is 2.73. The topological polar surface area (TPSA) is 95.6 Å². The molecule has 0 spiro atoms. The third kappa shape index (κ3) is 5.76. The number of hydrogen-bond acceptors (Lipinski definition) is 4. The molecular formula is C23H26F3N3O4S. The summed E-state index contributed by atoms with van der Waals surface area (Å²) in [5, 5.41) is 4.88. The molecule has 2 aromatic rings. The smallest absolute Gasteiger partial charge is 0.325 e. The molecule has 184 valence electrons. The van der Waals surface area contributed by atoms with Crippen molar-refractivity contribution < 1.29 is 31.2 Å². The normalized spacial score (nSPS) is 15.7. The van der Waals surface area contributed by atoms with Gasteiger partial charge in [-0.3, -0.25) is 9.59 Å². The Morgan fingerprint density at radius 3 is 2.18 bits per heavy atom. The second kappa shape index (κ2) is 9.75. The van der Waals surface area contributed by atoms with E-state index in [2.05, 4.69) is 10.6 Å². The van der Waals surface area contributed by atoms with Crippen LogP contribution in [0.15, 0.2) is 41.3 Å². The molecule has 1 heterocycles. The largest absolute Gasteiger partial charge is 0.416 e. The monoisotopic (exact) mass is 497 g/mol. The first kappa shape index (κ1) is 25.7. The van der Waals surface area contributed by atoms with Gasteiger partial charge in [-0.05, 0) is 56.5 Å². The fourth-order valence-corrected chi connectivity index (χ4v) is 5.62. The summed E-state index contributed by atoms with van der Waals surface area (Å²) in [5.74, 6) is -1.63. The van der Waals surface area contributed by atoms with Crippen molar-refractivity contribution >= 4 is 33.2 Å². The molecule has 0 aliphatic carbocycles. The van der Waals surface area contributed by atoms with Crippen LogP contribution >= 0.6 is 0 Å². The Morgan fingerprint density at radius 2 is 1.62 bits per heavy atom. The van der Waals surface area contributed by atoms with E-state index in [0.717, 1.165) is 23.8 Å². The van der Waals surface area contributed by atoms with Gasteiger partial charge in [0.15, 0.2) is 0 Å². The van der Waals surface area contributed by atoms with Gasteiger partial charge in [-0.25, -0.2) is 8.42 Å². The van der Waals surface area contributed by atoms with E-state index in [1.54, 1.807) is 25.1 Å². The van der Waals surface area contributed by atoms with Gasteiger partial charge in [-0.15, -0.1) is 0 Å². The standard InChI is InChI=1S/C23H26F3N3O4S/c1-14-4-7-21(15(2)12-14)34(32,33)29-10-8-17(9-11-29)22(31)28-20-13-18(23(24,25)26)5-6-19(20)27-16(3)30/h4-7,12-13,17H,8-11H2,1-3H3,(H,27,30)(H,28,31). The number of nitrogens with one attached hydrogen (secondary N) is 2. The van der Waals surface area contributed by atoms with E-state index in [0.29, 0.717) is 5.56 Å². The lowest BCUT2D eigenvalue weighted by Gasteiger charge is -2.31. The summed E-state index contributed by atoms with van der Waals surface area (Å²) >= 11 is 0. The molecule has 2 amide bonds. The summed E-state index contributed by atoms with van der Waals surface area (Å²) in [6.45, 7) is 5.01. The number of halogens is 3. The second-order valence-electron chi connectivity index (χ2n) is 8.38. The molecule has 0 unspecified atom stereocenters. The molecule has 0 bridgehead atoms. The number of alkyl halides is 3. The van der Waals surface area contributed by atoms with Crippen molar-refractivity contribution in [3.8, 4) is 0 Å². The van der Waals surface area contributed by atoms with E-state index in [-0.39, 0.29) is 42.2 Å². The van der Waals surface area contributed by atoms with Crippen molar-refractivity contribution in [3.63, 3.8) is 0 Å². The zero-order chi connectivity index (χ0) is 25.3. The molecule has 1 saturated heterocycles. The van der Waals surface area contributed by atoms with Crippen LogP contribution in [0.3, 0.4) is 0 Å². The third-order valence-electron chi connectivity index (χ3n) is 5.69. The van der Waals surface area contributed by atoms with Gasteiger partial charge in [0, 0.05) is 25.9 Å². The van der Waals surface area contributed by atoms with Gasteiger partial charge in [0.25, 0.3) is 0 Å². The minimum absolute atomic E-state index is 0.0451. The van der Waals surface area contributed by atoms with Crippen LogP contribution in [0, 0.1) is 19.8 Å². The number of aryl methyl sites for hydroxylation is 2. The van der Waals surface area contributed by atoms with Crippen molar-refractivity contribution in [2.45, 2.75) is 44.7 Å². The van der Waals surface area contributed by atoms with Gasteiger partial charge >= 0.3 is 6.18 Å². The summed E-state index contributed by atoms with van der Waals surface area (Å²) in [5.41, 5.74) is 0.491. The highest BCUT2D eigenvalue weighted by atomic mass is 32.2. The van der Waals surface area contributed by atoms with E-state index in [9.17, 15) is 31.2 Å². The number of rotatable bonds is 5. The maximum Gasteiger partial charge on any atom is 0.416 e. The van der Waals surface area contributed by atoms with Crippen LogP contribution < -0.4 is 10.6 Å². The number of hydrogen-bond donors (Lipinski definition) is 2. The number of piperidine rings is 1. The zero-order valence-corrected chi connectivity index (χ0v) is 19.8. The molecule has 1 aliphatic heterocycles. The van der Waals surface area contributed by atoms with Crippen LogP contribution in [0.1, 0.15) is 36.5 Å². The van der Waals surface area contributed by atoms with Gasteiger partial charge in [-0.1, -0.05) is 17.7 Å². The Hall–Kier alpha value is -2.92. The Kier molecular flexibility index (Phi) is 7.37. The molecular weight excluding hydrogens is 471 g/mol. The summed E-state index contributed by atoms with van der Waals surface area (Å²) in [6.07, 6.45) is -4.20. The Balaban J connectivity index is 1.73. The second-order valence-corrected chi connectivity index (χ2v) is 10.3. The SMILES string of the molecule is CC(=O)Nc1ccc(C(F)(F)F)cc1NC(=O)C1CCN(S(=O)(=O)c2ccc(C)cc2C)CC1. The number of carbonyl (C=O) groups is 2. The van der Waals surface area contributed by atoms with E-state index < -0.39 is 39.5 Å². The van der Waals surface area contributed by atoms with E-state index in [1.165, 1.54) is 11.2 Å². The fourth-order valence-electron chi connectivity index (χ4n) is 3.94. The van der Waals surface area contributed by atoms with E-state index in [1.807, 2.05) is 6.92 Å². The number of anilines is 2. The molecule has 0 radical (unpaired) electrons. The van der Waals surface area contributed by atoms with Gasteiger partial charge in [0.2, 0.25) is 21.8 Å². The van der Waals surface area contributed by atoms with Gasteiger partial charge < -0.3 is 10.6 Å². The lowest BCUT2D eigenvalue weighted by atomic mass is 9.97. The molecule has 2 aromatic carbocycles. The Morgan fingerprint density at radius 1 is 0.971 bits per heavy atom. The number of nitrogens with zero attached hydrogens (tertiary/aromatic N) is 1. The van der Waals surface area contributed by atoms with Crippen molar-refractivity contribution in [3.05, 3.63) is 53.1 Å². The van der Waals surface area contributed by atoms with Crippen molar-refractivity contribution in [2.75, 3.05) is 23.7 Å². The molecule has 11 heteroatoms. The minimum atomic E-state index is -4.62. The maximum atomic E-state index is 13.1. The summed E-state index contributed by atoms with van der Waals surface area (Å²) in [6, 6.07) is 7.74. The predicted molar refractivity (Wildman–Crippen MR) is 122 cm³/mol. The lowest BCUT2D eigenvalue weighted by molar-refractivity contribution is -0.137. The van der Waals surface area contributed by atoms with Crippen molar-refractivity contribution in [1.82, 2.24) is 4.31 Å². The van der Waals surface area contributed by atoms with E-state index >= 15 is 0 Å². The first-order valence-electron chi connectivity index (χ1n) is 10.7. The Bertz CT molecular complexity index is 1200. The molecule has 3 rings (SSSR count). The number of sulfonamides is 1. The predicted octanol–water partition coefficient (Wildman–Crippen LogP) is 4.32. The molecule has 7 nitrogen and oxygen atoms in total. The van der Waals surface area contributed by atoms with Crippen molar-refractivity contribution in [1.29, 1.82) is 0 Å². The van der Waals surface area contributed by atoms with Gasteiger partial charge in [0.1, 0.15) is 0 Å². The highest BCUT2D eigenvalue weighted by Crippen LogP contribution is 2.35. The van der Waals surface area contributed by atoms with Crippen LogP contribution in [-0.4, -0.2) is 37.6 Å². The average molecular weight is 498 g/mol. The van der Waals surface area contributed by atoms with Crippen LogP contribution in [0.25, 0.3) is 0 Å². The summed E-state index contributed by atoms with van der Waals surface area (Å²) < 4.78 is 66.8. The molecule has 1 fully saturated rings. The van der Waals surface area contributed by atoms with Crippen molar-refractivity contribution in [2.24, 2.45) is 5.92 Å². The van der Waals surface area contributed by atoms with Crippen LogP contribution in [-0.2, 0) is 25.8 Å². The number of benzene rings is 2. The van der Waals surface area contributed by atoms with Gasteiger partial charge in [0.05, 0.1) is 21.8 Å². The molecule has 0 saturated carbocycles. The van der Waals surface area contributed by atoms with Crippen LogP contribution in [0.2, 0.25) is 0 Å². The highest BCUT2D eigenvalue weighted by molar-refractivity contribution is 7.89. The number of carbonyl (C=O) groups excluding carboxylic acids is 2. The highest BCUT2D eigenvalue weighted by Gasteiger charge is 2.34. The summed E-state index contributed by atoms with van der Waals surface area (Å²) in [4.78, 5) is 24.4. The van der Waals surface area contributed by atoms with Crippen LogP contribution in [0.4, 0.5) is 24.5 Å². The quantitative estimate of drug-likeness (QED) is 0.643. The molecule has 1 aliphatic rings. The molecule has 0 atom stereocenters. The molecule has 34 heavy (non-hydrogen) atoms. The van der Waals surface area contributed by atoms with Gasteiger partial charge in [-0.2, -0.15) is 17.5 Å². The first-order chi connectivity index (χ1) is 15.8. The Labute approximate surface area is 196 Å².